The summed E-state index contributed by atoms with van der Waals surface area (Å²) in [6, 6.07) is 2.16. The van der Waals surface area contributed by atoms with Crippen LogP contribution < -0.4 is 5.73 Å². The molecule has 0 atom stereocenters. The molecule has 1 saturated carbocycles. The van der Waals surface area contributed by atoms with Gasteiger partial charge in [0.15, 0.2) is 0 Å². The molecule has 1 heterocycles. The number of halogens is 1. The van der Waals surface area contributed by atoms with Gasteiger partial charge in [0.1, 0.15) is 0 Å². The van der Waals surface area contributed by atoms with Crippen LogP contribution in [-0.2, 0) is 5.60 Å². The molecule has 14 heavy (non-hydrogen) atoms. The Balaban J connectivity index is 2.21. The van der Waals surface area contributed by atoms with Crippen LogP contribution in [0.2, 0.25) is 4.34 Å². The predicted molar refractivity (Wildman–Crippen MR) is 59.7 cm³/mol. The van der Waals surface area contributed by atoms with Crippen molar-refractivity contribution in [3.8, 4) is 0 Å². The Labute approximate surface area is 92.7 Å². The van der Waals surface area contributed by atoms with Gasteiger partial charge in [0.05, 0.1) is 9.94 Å². The van der Waals surface area contributed by atoms with Crippen LogP contribution in [0.1, 0.15) is 31.2 Å². The second-order valence-electron chi connectivity index (χ2n) is 3.98. The fourth-order valence-corrected chi connectivity index (χ4v) is 3.12. The van der Waals surface area contributed by atoms with Crippen LogP contribution in [-0.4, -0.2) is 11.1 Å². The van der Waals surface area contributed by atoms with E-state index in [1.54, 1.807) is 0 Å². The van der Waals surface area contributed by atoms with Crippen LogP contribution in [0.4, 0.5) is 0 Å². The summed E-state index contributed by atoms with van der Waals surface area (Å²) in [5.74, 6) is 0. The lowest BCUT2D eigenvalue weighted by Crippen LogP contribution is -2.36. The highest BCUT2D eigenvalue weighted by molar-refractivity contribution is 7.14. The number of thiophene rings is 1. The first-order valence-electron chi connectivity index (χ1n) is 4.83. The predicted octanol–water partition coefficient (Wildman–Crippen LogP) is 2.49. The maximum absolute atomic E-state index is 10.4. The van der Waals surface area contributed by atoms with Gasteiger partial charge in [-0.2, -0.15) is 0 Å². The van der Waals surface area contributed by atoms with Crippen molar-refractivity contribution in [3.63, 3.8) is 0 Å². The molecule has 3 N–H and O–H groups in total. The molecule has 0 saturated heterocycles. The standard InChI is InChI=1S/C10H14ClNOS/c11-9-8(3-6-14-9)10(13)4-1-7(12)2-5-10/h3,6-7,13H,1-2,4-5,12H2. The van der Waals surface area contributed by atoms with Crippen LogP contribution >= 0.6 is 22.9 Å². The first-order chi connectivity index (χ1) is 6.62. The molecule has 0 amide bonds. The Morgan fingerprint density at radius 2 is 2.14 bits per heavy atom. The zero-order valence-electron chi connectivity index (χ0n) is 7.87. The molecule has 1 aromatic heterocycles. The van der Waals surface area contributed by atoms with Gasteiger partial charge >= 0.3 is 0 Å². The monoisotopic (exact) mass is 231 g/mol. The molecule has 0 radical (unpaired) electrons. The summed E-state index contributed by atoms with van der Waals surface area (Å²) >= 11 is 7.50. The van der Waals surface area contributed by atoms with E-state index < -0.39 is 5.60 Å². The summed E-state index contributed by atoms with van der Waals surface area (Å²) < 4.78 is 0.711. The van der Waals surface area contributed by atoms with Crippen molar-refractivity contribution in [2.75, 3.05) is 0 Å². The number of nitrogens with two attached hydrogens (primary N) is 1. The Hall–Kier alpha value is -0.0900. The number of hydrogen-bond donors (Lipinski definition) is 2. The van der Waals surface area contributed by atoms with Gasteiger partial charge in [0.2, 0.25) is 0 Å². The van der Waals surface area contributed by atoms with Crippen molar-refractivity contribution in [1.29, 1.82) is 0 Å². The van der Waals surface area contributed by atoms with E-state index in [0.717, 1.165) is 31.2 Å². The summed E-state index contributed by atoms with van der Waals surface area (Å²) in [7, 11) is 0. The molecule has 78 valence electrons. The highest BCUT2D eigenvalue weighted by Gasteiger charge is 2.35. The molecule has 0 unspecified atom stereocenters. The van der Waals surface area contributed by atoms with Crippen molar-refractivity contribution in [2.24, 2.45) is 5.73 Å². The summed E-state index contributed by atoms with van der Waals surface area (Å²) in [5, 5.41) is 12.3. The maximum Gasteiger partial charge on any atom is 0.0989 e. The molecule has 1 aliphatic carbocycles. The Morgan fingerprint density at radius 1 is 1.50 bits per heavy atom. The minimum atomic E-state index is -0.729. The molecular formula is C10H14ClNOS. The van der Waals surface area contributed by atoms with Gasteiger partial charge in [-0.1, -0.05) is 11.6 Å². The second kappa shape index (κ2) is 3.81. The van der Waals surface area contributed by atoms with Gasteiger partial charge in [-0.15, -0.1) is 11.3 Å². The number of rotatable bonds is 1. The zero-order chi connectivity index (χ0) is 10.2. The van der Waals surface area contributed by atoms with Crippen molar-refractivity contribution >= 4 is 22.9 Å². The topological polar surface area (TPSA) is 46.2 Å². The van der Waals surface area contributed by atoms with E-state index in [0.29, 0.717) is 4.34 Å². The van der Waals surface area contributed by atoms with Crippen LogP contribution in [0, 0.1) is 0 Å². The van der Waals surface area contributed by atoms with Gasteiger partial charge in [0, 0.05) is 11.6 Å². The van der Waals surface area contributed by atoms with E-state index in [1.165, 1.54) is 11.3 Å². The third kappa shape index (κ3) is 1.82. The Morgan fingerprint density at radius 3 is 2.64 bits per heavy atom. The molecule has 4 heteroatoms. The normalized spacial score (nSPS) is 33.2. The fourth-order valence-electron chi connectivity index (χ4n) is 2.02. The van der Waals surface area contributed by atoms with Crippen molar-refractivity contribution in [1.82, 2.24) is 0 Å². The minimum Gasteiger partial charge on any atom is -0.385 e. The van der Waals surface area contributed by atoms with E-state index >= 15 is 0 Å². The lowest BCUT2D eigenvalue weighted by Gasteiger charge is -2.34. The number of aliphatic hydroxyl groups is 1. The highest BCUT2D eigenvalue weighted by Crippen LogP contribution is 2.41. The van der Waals surface area contributed by atoms with Crippen LogP contribution in [0.15, 0.2) is 11.4 Å². The van der Waals surface area contributed by atoms with Gasteiger partial charge in [-0.05, 0) is 37.1 Å². The lowest BCUT2D eigenvalue weighted by molar-refractivity contribution is -0.00449. The highest BCUT2D eigenvalue weighted by atomic mass is 35.5. The van der Waals surface area contributed by atoms with Gasteiger partial charge < -0.3 is 10.8 Å². The van der Waals surface area contributed by atoms with Crippen LogP contribution in [0.5, 0.6) is 0 Å². The van der Waals surface area contributed by atoms with E-state index in [4.69, 9.17) is 17.3 Å². The molecule has 1 aliphatic rings. The van der Waals surface area contributed by atoms with Crippen molar-refractivity contribution in [2.45, 2.75) is 37.3 Å². The third-order valence-electron chi connectivity index (χ3n) is 2.98. The summed E-state index contributed by atoms with van der Waals surface area (Å²) in [4.78, 5) is 0. The molecule has 0 aromatic carbocycles. The van der Waals surface area contributed by atoms with Crippen molar-refractivity contribution < 1.29 is 5.11 Å². The first-order valence-corrected chi connectivity index (χ1v) is 6.09. The maximum atomic E-state index is 10.4. The summed E-state index contributed by atoms with van der Waals surface area (Å²) in [6.07, 6.45) is 3.21. The molecule has 0 bridgehead atoms. The molecular weight excluding hydrogens is 218 g/mol. The van der Waals surface area contributed by atoms with E-state index in [-0.39, 0.29) is 6.04 Å². The number of hydrogen-bond acceptors (Lipinski definition) is 3. The Kier molecular flexibility index (Phi) is 2.84. The second-order valence-corrected chi connectivity index (χ2v) is 5.50. The van der Waals surface area contributed by atoms with Crippen LogP contribution in [0.3, 0.4) is 0 Å². The van der Waals surface area contributed by atoms with Crippen LogP contribution in [0.25, 0.3) is 0 Å². The average molecular weight is 232 g/mol. The quantitative estimate of drug-likeness (QED) is 0.780. The SMILES string of the molecule is NC1CCC(O)(c2ccsc2Cl)CC1. The van der Waals surface area contributed by atoms with E-state index in [1.807, 2.05) is 11.4 Å². The molecule has 1 aromatic rings. The van der Waals surface area contributed by atoms with E-state index in [9.17, 15) is 5.11 Å². The molecule has 2 nitrogen and oxygen atoms in total. The summed E-state index contributed by atoms with van der Waals surface area (Å²) in [5.41, 5.74) is 5.96. The fraction of sp³-hybridized carbons (Fsp3) is 0.600. The van der Waals surface area contributed by atoms with Gasteiger partial charge in [0.25, 0.3) is 0 Å². The van der Waals surface area contributed by atoms with Crippen molar-refractivity contribution in [3.05, 3.63) is 21.3 Å². The minimum absolute atomic E-state index is 0.243. The lowest BCUT2D eigenvalue weighted by atomic mass is 9.79. The molecule has 2 rings (SSSR count). The molecule has 0 spiro atoms. The molecule has 1 fully saturated rings. The summed E-state index contributed by atoms with van der Waals surface area (Å²) in [6.45, 7) is 0. The third-order valence-corrected chi connectivity index (χ3v) is 4.15. The van der Waals surface area contributed by atoms with Gasteiger partial charge in [-0.25, -0.2) is 0 Å². The zero-order valence-corrected chi connectivity index (χ0v) is 9.44. The largest absolute Gasteiger partial charge is 0.385 e. The smallest absolute Gasteiger partial charge is 0.0989 e. The van der Waals surface area contributed by atoms with E-state index in [2.05, 4.69) is 0 Å². The Bertz CT molecular complexity index is 318. The molecule has 0 aliphatic heterocycles. The average Bonchev–Trinajstić information content (AvgIpc) is 2.58. The van der Waals surface area contributed by atoms with Gasteiger partial charge in [-0.3, -0.25) is 0 Å². The first kappa shape index (κ1) is 10.4.